The maximum Gasteiger partial charge on any atom is 0.230 e. The number of hydrogen-bond acceptors (Lipinski definition) is 5. The first-order chi connectivity index (χ1) is 16.1. The van der Waals surface area contributed by atoms with Crippen molar-refractivity contribution in [2.24, 2.45) is 0 Å². The van der Waals surface area contributed by atoms with Crippen molar-refractivity contribution in [2.45, 2.75) is 41.8 Å². The Hall–Kier alpha value is -2.45. The molecule has 3 aromatic rings. The number of carbonyl (C=O) groups is 1. The van der Waals surface area contributed by atoms with E-state index in [2.05, 4.69) is 21.4 Å². The molecule has 0 spiro atoms. The molecule has 2 aromatic carbocycles. The molecule has 0 atom stereocenters. The van der Waals surface area contributed by atoms with Crippen LogP contribution in [0.3, 0.4) is 0 Å². The highest BCUT2D eigenvalue weighted by atomic mass is 35.5. The number of piperidine rings is 1. The molecule has 5 nitrogen and oxygen atoms in total. The highest BCUT2D eigenvalue weighted by molar-refractivity contribution is 7.99. The summed E-state index contributed by atoms with van der Waals surface area (Å²) in [7, 11) is 0. The smallest absolute Gasteiger partial charge is 0.230 e. The van der Waals surface area contributed by atoms with Gasteiger partial charge in [-0.25, -0.2) is 14.9 Å². The molecule has 1 aliphatic heterocycles. The number of halogens is 2. The van der Waals surface area contributed by atoms with E-state index in [1.807, 2.05) is 42.6 Å². The van der Waals surface area contributed by atoms with Crippen LogP contribution in [0.2, 0.25) is 5.02 Å². The lowest BCUT2D eigenvalue weighted by Gasteiger charge is -2.32. The van der Waals surface area contributed by atoms with Crippen LogP contribution in [0.1, 0.15) is 35.4 Å². The number of amides is 1. The van der Waals surface area contributed by atoms with Gasteiger partial charge >= 0.3 is 0 Å². The summed E-state index contributed by atoms with van der Waals surface area (Å²) in [6, 6.07) is 16.9. The van der Waals surface area contributed by atoms with Gasteiger partial charge in [0.15, 0.2) is 0 Å². The van der Waals surface area contributed by atoms with Gasteiger partial charge in [0, 0.05) is 22.7 Å². The van der Waals surface area contributed by atoms with Gasteiger partial charge in [-0.2, -0.15) is 0 Å². The molecule has 1 aromatic heterocycles. The van der Waals surface area contributed by atoms with Crippen LogP contribution >= 0.6 is 23.4 Å². The van der Waals surface area contributed by atoms with Crippen molar-refractivity contribution in [1.82, 2.24) is 15.4 Å². The third-order valence-electron chi connectivity index (χ3n) is 5.70. The van der Waals surface area contributed by atoms with Crippen LogP contribution in [0.4, 0.5) is 4.39 Å². The Kier molecular flexibility index (Phi) is 8.34. The summed E-state index contributed by atoms with van der Waals surface area (Å²) in [6.45, 7) is 2.85. The summed E-state index contributed by atoms with van der Waals surface area (Å²) in [5.74, 6) is -0.00460. The highest BCUT2D eigenvalue weighted by Crippen LogP contribution is 2.32. The molecule has 0 saturated carbocycles. The first-order valence-corrected chi connectivity index (χ1v) is 12.0. The first-order valence-electron chi connectivity index (χ1n) is 10.8. The molecule has 1 N–H and O–H groups in total. The second kappa shape index (κ2) is 11.6. The first kappa shape index (κ1) is 23.7. The largest absolute Gasteiger partial charge is 0.299 e. The zero-order chi connectivity index (χ0) is 23.0. The van der Waals surface area contributed by atoms with E-state index < -0.39 is 0 Å². The fourth-order valence-corrected chi connectivity index (χ4v) is 4.88. The number of hydroxylamine groups is 1. The van der Waals surface area contributed by atoms with Gasteiger partial charge in [-0.05, 0) is 84.9 Å². The van der Waals surface area contributed by atoms with Crippen molar-refractivity contribution < 1.29 is 14.0 Å². The minimum absolute atomic E-state index is 0.177. The molecule has 8 heteroatoms. The zero-order valence-electron chi connectivity index (χ0n) is 18.0. The normalized spacial score (nSPS) is 14.8. The number of nitrogens with zero attached hydrogens (tertiary/aromatic N) is 2. The summed E-state index contributed by atoms with van der Waals surface area (Å²) >= 11 is 7.55. The Labute approximate surface area is 202 Å². The molecule has 0 aliphatic carbocycles. The lowest BCUT2D eigenvalue weighted by atomic mass is 9.88. The molecule has 0 radical (unpaired) electrons. The molecule has 1 amide bonds. The topological polar surface area (TPSA) is 54.5 Å². The molecule has 0 bridgehead atoms. The highest BCUT2D eigenvalue weighted by Gasteiger charge is 2.23. The number of hydrogen-bond donors (Lipinski definition) is 1. The van der Waals surface area contributed by atoms with Crippen molar-refractivity contribution in [1.29, 1.82) is 0 Å². The lowest BCUT2D eigenvalue weighted by molar-refractivity contribution is -0.121. The van der Waals surface area contributed by atoms with Gasteiger partial charge in [-0.15, -0.1) is 0 Å². The number of likely N-dealkylation sites (tertiary alicyclic amines) is 1. The third-order valence-corrected chi connectivity index (χ3v) is 6.91. The predicted octanol–water partition coefficient (Wildman–Crippen LogP) is 5.58. The summed E-state index contributed by atoms with van der Waals surface area (Å²) in [6.07, 6.45) is 4.19. The maximum atomic E-state index is 14.5. The Morgan fingerprint density at radius 1 is 1.12 bits per heavy atom. The van der Waals surface area contributed by atoms with E-state index in [4.69, 9.17) is 16.4 Å². The average molecular weight is 486 g/mol. The van der Waals surface area contributed by atoms with Gasteiger partial charge in [0.1, 0.15) is 10.8 Å². The van der Waals surface area contributed by atoms with Crippen LogP contribution in [0.15, 0.2) is 70.7 Å². The molecule has 1 fully saturated rings. The minimum Gasteiger partial charge on any atom is -0.299 e. The molecule has 4 rings (SSSR count). The minimum atomic E-state index is -0.182. The predicted molar refractivity (Wildman–Crippen MR) is 127 cm³/mol. The molecular formula is C25H25ClFN3O2S. The fourth-order valence-electron chi connectivity index (χ4n) is 4.00. The third kappa shape index (κ3) is 6.77. The Balaban J connectivity index is 1.29. The number of carbonyl (C=O) groups excluding carboxylic acids is 1. The van der Waals surface area contributed by atoms with E-state index in [-0.39, 0.29) is 18.3 Å². The molecule has 1 aliphatic rings. The summed E-state index contributed by atoms with van der Waals surface area (Å²) in [5.41, 5.74) is 4.90. The van der Waals surface area contributed by atoms with Crippen LogP contribution in [0.25, 0.3) is 0 Å². The van der Waals surface area contributed by atoms with Gasteiger partial charge in [0.2, 0.25) is 6.41 Å². The second-order valence-electron chi connectivity index (χ2n) is 7.99. The van der Waals surface area contributed by atoms with Gasteiger partial charge in [-0.1, -0.05) is 41.6 Å². The van der Waals surface area contributed by atoms with Crippen LogP contribution < -0.4 is 5.48 Å². The number of nitrogens with one attached hydrogen (secondary N) is 1. The number of aromatic nitrogens is 1. The summed E-state index contributed by atoms with van der Waals surface area (Å²) in [4.78, 5) is 23.4. The monoisotopic (exact) mass is 485 g/mol. The maximum absolute atomic E-state index is 14.5. The number of pyridine rings is 1. The van der Waals surface area contributed by atoms with E-state index in [0.29, 0.717) is 6.41 Å². The molecule has 0 unspecified atom stereocenters. The molecular weight excluding hydrogens is 461 g/mol. The standard InChI is InChI=1S/C25H25ClFN3O2S/c26-21-3-5-22(6-4-21)33-25-8-2-19(14-28-25)15-30-11-9-20(10-12-30)23-13-18(1-7-24(23)27)16-32-29-17-31/h1-8,13-14,17,20H,9-12,15-16H2,(H,29,31). The van der Waals surface area contributed by atoms with Crippen molar-refractivity contribution in [3.8, 4) is 0 Å². The van der Waals surface area contributed by atoms with Gasteiger partial charge in [0.25, 0.3) is 0 Å². The number of benzene rings is 2. The van der Waals surface area contributed by atoms with E-state index >= 15 is 0 Å². The number of rotatable bonds is 9. The molecule has 172 valence electrons. The Bertz CT molecular complexity index is 1060. The Morgan fingerprint density at radius 2 is 1.88 bits per heavy atom. The van der Waals surface area contributed by atoms with Gasteiger partial charge in [0.05, 0.1) is 6.61 Å². The quantitative estimate of drug-likeness (QED) is 0.243. The van der Waals surface area contributed by atoms with Gasteiger partial charge < -0.3 is 0 Å². The Morgan fingerprint density at radius 3 is 2.58 bits per heavy atom. The van der Waals surface area contributed by atoms with E-state index in [0.717, 1.165) is 58.5 Å². The summed E-state index contributed by atoms with van der Waals surface area (Å²) < 4.78 is 14.5. The van der Waals surface area contributed by atoms with Crippen LogP contribution in [-0.2, 0) is 22.8 Å². The molecule has 2 heterocycles. The van der Waals surface area contributed by atoms with E-state index in [1.54, 1.807) is 17.8 Å². The van der Waals surface area contributed by atoms with Crippen molar-refractivity contribution in [3.05, 3.63) is 88.3 Å². The lowest BCUT2D eigenvalue weighted by Crippen LogP contribution is -2.32. The second-order valence-corrected chi connectivity index (χ2v) is 9.52. The molecule has 33 heavy (non-hydrogen) atoms. The van der Waals surface area contributed by atoms with E-state index in [1.165, 1.54) is 11.6 Å². The van der Waals surface area contributed by atoms with Crippen LogP contribution in [0.5, 0.6) is 0 Å². The van der Waals surface area contributed by atoms with Crippen LogP contribution in [0, 0.1) is 5.82 Å². The molecule has 1 saturated heterocycles. The van der Waals surface area contributed by atoms with Gasteiger partial charge in [-0.3, -0.25) is 14.5 Å². The average Bonchev–Trinajstić information content (AvgIpc) is 2.84. The zero-order valence-corrected chi connectivity index (χ0v) is 19.6. The van der Waals surface area contributed by atoms with Crippen molar-refractivity contribution in [3.63, 3.8) is 0 Å². The van der Waals surface area contributed by atoms with Crippen LogP contribution in [-0.4, -0.2) is 29.4 Å². The fraction of sp³-hybridized carbons (Fsp3) is 0.280. The van der Waals surface area contributed by atoms with Crippen molar-refractivity contribution in [2.75, 3.05) is 13.1 Å². The van der Waals surface area contributed by atoms with Crippen molar-refractivity contribution >= 4 is 29.8 Å². The SMILES string of the molecule is O=CNOCc1ccc(F)c(C2CCN(Cc3ccc(Sc4ccc(Cl)cc4)nc3)CC2)c1. The summed E-state index contributed by atoms with van der Waals surface area (Å²) in [5, 5.41) is 1.67. The van der Waals surface area contributed by atoms with E-state index in [9.17, 15) is 9.18 Å².